The van der Waals surface area contributed by atoms with Gasteiger partial charge in [-0.3, -0.25) is 4.79 Å². The molecule has 104 valence electrons. The van der Waals surface area contributed by atoms with E-state index in [0.717, 1.165) is 24.6 Å². The molecule has 1 atom stereocenters. The molecule has 2 rings (SSSR count). The minimum atomic E-state index is -0.0531. The van der Waals surface area contributed by atoms with E-state index in [1.807, 2.05) is 24.3 Å². The highest BCUT2D eigenvalue weighted by molar-refractivity contribution is 5.88. The molecule has 4 heteroatoms. The molecule has 0 spiro atoms. The monoisotopic (exact) mass is 262 g/mol. The molecule has 1 saturated carbocycles. The fourth-order valence-corrected chi connectivity index (χ4v) is 2.30. The van der Waals surface area contributed by atoms with Crippen LogP contribution in [0.4, 0.5) is 5.69 Å². The lowest BCUT2D eigenvalue weighted by Gasteiger charge is -2.17. The largest absolute Gasteiger partial charge is 0.396 e. The van der Waals surface area contributed by atoms with Gasteiger partial charge in [-0.25, -0.2) is 0 Å². The number of aliphatic hydroxyl groups is 1. The van der Waals surface area contributed by atoms with E-state index < -0.39 is 0 Å². The molecule has 0 radical (unpaired) electrons. The summed E-state index contributed by atoms with van der Waals surface area (Å²) < 4.78 is 0. The van der Waals surface area contributed by atoms with E-state index in [1.165, 1.54) is 25.3 Å². The lowest BCUT2D eigenvalue weighted by molar-refractivity contribution is -0.114. The first kappa shape index (κ1) is 14.0. The van der Waals surface area contributed by atoms with Crippen LogP contribution in [0.15, 0.2) is 24.3 Å². The van der Waals surface area contributed by atoms with Gasteiger partial charge < -0.3 is 15.7 Å². The molecule has 0 heterocycles. The first-order chi connectivity index (χ1) is 9.19. The molecule has 0 aromatic heterocycles. The third kappa shape index (κ3) is 4.65. The number of hydrogen-bond donors (Lipinski definition) is 3. The Morgan fingerprint density at radius 1 is 1.37 bits per heavy atom. The molecule has 1 aromatic rings. The normalized spacial score (nSPS) is 16.1. The fraction of sp³-hybridized carbons (Fsp3) is 0.533. The molecule has 19 heavy (non-hydrogen) atoms. The smallest absolute Gasteiger partial charge is 0.221 e. The van der Waals surface area contributed by atoms with E-state index in [4.69, 9.17) is 5.11 Å². The van der Waals surface area contributed by atoms with Crippen LogP contribution in [0.3, 0.4) is 0 Å². The first-order valence-electron chi connectivity index (χ1n) is 6.90. The Morgan fingerprint density at radius 2 is 2.05 bits per heavy atom. The molecule has 3 N–H and O–H groups in total. The Bertz CT molecular complexity index is 413. The van der Waals surface area contributed by atoms with Crippen molar-refractivity contribution in [3.05, 3.63) is 29.8 Å². The highest BCUT2D eigenvalue weighted by atomic mass is 16.3. The quantitative estimate of drug-likeness (QED) is 0.703. The van der Waals surface area contributed by atoms with E-state index >= 15 is 0 Å². The van der Waals surface area contributed by atoms with Crippen molar-refractivity contribution >= 4 is 11.6 Å². The number of amides is 1. The molecule has 1 fully saturated rings. The lowest BCUT2D eigenvalue weighted by Crippen LogP contribution is -2.31. The second kappa shape index (κ2) is 6.68. The molecule has 0 bridgehead atoms. The molecular formula is C15H22N2O2. The van der Waals surface area contributed by atoms with Gasteiger partial charge in [-0.2, -0.15) is 0 Å². The average molecular weight is 262 g/mol. The van der Waals surface area contributed by atoms with Crippen LogP contribution in [0, 0.1) is 5.92 Å². The molecule has 1 amide bonds. The summed E-state index contributed by atoms with van der Waals surface area (Å²) in [6.07, 6.45) is 3.38. The minimum Gasteiger partial charge on any atom is -0.396 e. The van der Waals surface area contributed by atoms with E-state index in [0.29, 0.717) is 6.04 Å². The standard InChI is InChI=1S/C15H22N2O2/c1-11(19)17-14-6-2-12(3-7-14)10-16-15(8-9-18)13-4-5-13/h2-3,6-7,13,15-16,18H,4-5,8-10H2,1H3,(H,17,19). The molecule has 1 aliphatic carbocycles. The number of anilines is 1. The van der Waals surface area contributed by atoms with Crippen LogP contribution >= 0.6 is 0 Å². The van der Waals surface area contributed by atoms with E-state index in [9.17, 15) is 4.79 Å². The Labute approximate surface area is 114 Å². The van der Waals surface area contributed by atoms with Crippen molar-refractivity contribution in [1.29, 1.82) is 0 Å². The summed E-state index contributed by atoms with van der Waals surface area (Å²) in [5, 5.41) is 15.3. The zero-order valence-electron chi connectivity index (χ0n) is 11.4. The molecule has 1 aromatic carbocycles. The zero-order valence-corrected chi connectivity index (χ0v) is 11.4. The fourth-order valence-electron chi connectivity index (χ4n) is 2.30. The number of benzene rings is 1. The van der Waals surface area contributed by atoms with Gasteiger partial charge in [-0.1, -0.05) is 12.1 Å². The van der Waals surface area contributed by atoms with Gasteiger partial charge in [0.05, 0.1) is 0 Å². The second-order valence-electron chi connectivity index (χ2n) is 5.22. The molecule has 1 aliphatic rings. The summed E-state index contributed by atoms with van der Waals surface area (Å²) in [7, 11) is 0. The average Bonchev–Trinajstić information content (AvgIpc) is 3.20. The summed E-state index contributed by atoms with van der Waals surface area (Å²) in [5.41, 5.74) is 2.02. The molecule has 4 nitrogen and oxygen atoms in total. The van der Waals surface area contributed by atoms with Gasteiger partial charge in [-0.05, 0) is 42.9 Å². The van der Waals surface area contributed by atoms with Crippen LogP contribution < -0.4 is 10.6 Å². The summed E-state index contributed by atoms with van der Waals surface area (Å²) in [6.45, 7) is 2.56. The number of aliphatic hydroxyl groups excluding tert-OH is 1. The number of carbonyl (C=O) groups excluding carboxylic acids is 1. The van der Waals surface area contributed by atoms with Crippen LogP contribution in [0.5, 0.6) is 0 Å². The Kier molecular flexibility index (Phi) is 4.93. The molecule has 0 aliphatic heterocycles. The van der Waals surface area contributed by atoms with Gasteiger partial charge in [-0.15, -0.1) is 0 Å². The maximum absolute atomic E-state index is 10.9. The first-order valence-corrected chi connectivity index (χ1v) is 6.90. The SMILES string of the molecule is CC(=O)Nc1ccc(CNC(CCO)C2CC2)cc1. The van der Waals surface area contributed by atoms with Gasteiger partial charge in [0.2, 0.25) is 5.91 Å². The Balaban J connectivity index is 1.83. The molecule has 0 saturated heterocycles. The Hall–Kier alpha value is -1.39. The van der Waals surface area contributed by atoms with Crippen molar-refractivity contribution in [2.75, 3.05) is 11.9 Å². The van der Waals surface area contributed by atoms with Gasteiger partial charge >= 0.3 is 0 Å². The third-order valence-corrected chi connectivity index (χ3v) is 3.47. The predicted octanol–water partition coefficient (Wildman–Crippen LogP) is 1.90. The van der Waals surface area contributed by atoms with Crippen molar-refractivity contribution in [2.45, 2.75) is 38.8 Å². The van der Waals surface area contributed by atoms with Crippen molar-refractivity contribution in [1.82, 2.24) is 5.32 Å². The maximum Gasteiger partial charge on any atom is 0.221 e. The van der Waals surface area contributed by atoms with Gasteiger partial charge in [0.15, 0.2) is 0 Å². The predicted molar refractivity (Wildman–Crippen MR) is 75.8 cm³/mol. The number of nitrogens with one attached hydrogen (secondary N) is 2. The van der Waals surface area contributed by atoms with Crippen LogP contribution in [0.1, 0.15) is 31.7 Å². The number of carbonyl (C=O) groups is 1. The third-order valence-electron chi connectivity index (χ3n) is 3.47. The Morgan fingerprint density at radius 3 is 2.58 bits per heavy atom. The maximum atomic E-state index is 10.9. The topological polar surface area (TPSA) is 61.4 Å². The van der Waals surface area contributed by atoms with Gasteiger partial charge in [0, 0.05) is 31.8 Å². The van der Waals surface area contributed by atoms with Crippen molar-refractivity contribution in [3.63, 3.8) is 0 Å². The highest BCUT2D eigenvalue weighted by Crippen LogP contribution is 2.34. The van der Waals surface area contributed by atoms with Crippen molar-refractivity contribution in [3.8, 4) is 0 Å². The van der Waals surface area contributed by atoms with Gasteiger partial charge in [0.1, 0.15) is 0 Å². The van der Waals surface area contributed by atoms with Crippen LogP contribution in [-0.4, -0.2) is 23.7 Å². The highest BCUT2D eigenvalue weighted by Gasteiger charge is 2.30. The van der Waals surface area contributed by atoms with E-state index in [2.05, 4.69) is 10.6 Å². The van der Waals surface area contributed by atoms with E-state index in [1.54, 1.807) is 0 Å². The summed E-state index contributed by atoms with van der Waals surface area (Å²) in [6, 6.07) is 8.29. The molecular weight excluding hydrogens is 240 g/mol. The number of rotatable bonds is 7. The summed E-state index contributed by atoms with van der Waals surface area (Å²) in [5.74, 6) is 0.688. The summed E-state index contributed by atoms with van der Waals surface area (Å²) >= 11 is 0. The number of hydrogen-bond acceptors (Lipinski definition) is 3. The van der Waals surface area contributed by atoms with Crippen LogP contribution in [0.2, 0.25) is 0 Å². The van der Waals surface area contributed by atoms with E-state index in [-0.39, 0.29) is 12.5 Å². The van der Waals surface area contributed by atoms with Crippen molar-refractivity contribution in [2.24, 2.45) is 5.92 Å². The van der Waals surface area contributed by atoms with Crippen LogP contribution in [-0.2, 0) is 11.3 Å². The van der Waals surface area contributed by atoms with Crippen LogP contribution in [0.25, 0.3) is 0 Å². The lowest BCUT2D eigenvalue weighted by atomic mass is 10.1. The molecule has 1 unspecified atom stereocenters. The zero-order chi connectivity index (χ0) is 13.7. The summed E-state index contributed by atoms with van der Waals surface area (Å²) in [4.78, 5) is 10.9. The minimum absolute atomic E-state index is 0.0531. The second-order valence-corrected chi connectivity index (χ2v) is 5.22. The van der Waals surface area contributed by atoms with Gasteiger partial charge in [0.25, 0.3) is 0 Å². The van der Waals surface area contributed by atoms with Crippen molar-refractivity contribution < 1.29 is 9.90 Å².